The third-order valence-electron chi connectivity index (χ3n) is 2.73. The number of carbonyl (C=O) groups is 1. The van der Waals surface area contributed by atoms with E-state index in [0.717, 1.165) is 12.1 Å². The molecule has 1 aromatic rings. The van der Waals surface area contributed by atoms with Crippen molar-refractivity contribution >= 4 is 17.5 Å². The van der Waals surface area contributed by atoms with Gasteiger partial charge in [-0.2, -0.15) is 5.10 Å². The van der Waals surface area contributed by atoms with Crippen LogP contribution < -0.4 is 5.32 Å². The zero-order valence-electron chi connectivity index (χ0n) is 10.1. The smallest absolute Gasteiger partial charge is 0.244 e. The van der Waals surface area contributed by atoms with Crippen LogP contribution in [-0.4, -0.2) is 21.7 Å². The average Bonchev–Trinajstić information content (AvgIpc) is 2.58. The Morgan fingerprint density at radius 3 is 2.69 bits per heavy atom. The molecule has 0 saturated carbocycles. The molecule has 16 heavy (non-hydrogen) atoms. The summed E-state index contributed by atoms with van der Waals surface area (Å²) in [6, 6.07) is -0.150. The van der Waals surface area contributed by atoms with Crippen molar-refractivity contribution in [2.24, 2.45) is 0 Å². The maximum Gasteiger partial charge on any atom is 0.244 e. The van der Waals surface area contributed by atoms with Gasteiger partial charge >= 0.3 is 0 Å². The number of halogens is 1. The van der Waals surface area contributed by atoms with E-state index in [1.807, 2.05) is 27.7 Å². The number of aromatic nitrogens is 2. The van der Waals surface area contributed by atoms with E-state index in [0.29, 0.717) is 5.02 Å². The van der Waals surface area contributed by atoms with Crippen LogP contribution in [0.25, 0.3) is 0 Å². The van der Waals surface area contributed by atoms with E-state index >= 15 is 0 Å². The molecule has 0 bridgehead atoms. The lowest BCUT2D eigenvalue weighted by Gasteiger charge is -2.17. The summed E-state index contributed by atoms with van der Waals surface area (Å²) in [5, 5.41) is 7.60. The normalized spacial score (nSPS) is 14.6. The molecule has 1 N–H and O–H groups in total. The first kappa shape index (κ1) is 13.0. The van der Waals surface area contributed by atoms with Crippen molar-refractivity contribution in [1.29, 1.82) is 0 Å². The fourth-order valence-electron chi connectivity index (χ4n) is 1.37. The lowest BCUT2D eigenvalue weighted by atomic mass is 10.2. The van der Waals surface area contributed by atoms with Crippen molar-refractivity contribution in [1.82, 2.24) is 15.1 Å². The maximum absolute atomic E-state index is 11.9. The molecule has 0 spiro atoms. The van der Waals surface area contributed by atoms with Crippen LogP contribution in [0, 0.1) is 6.92 Å². The quantitative estimate of drug-likeness (QED) is 0.882. The van der Waals surface area contributed by atoms with E-state index in [-0.39, 0.29) is 18.0 Å². The average molecular weight is 244 g/mol. The second-order valence-electron chi connectivity index (χ2n) is 4.02. The summed E-state index contributed by atoms with van der Waals surface area (Å²) >= 11 is 5.90. The number of amides is 1. The summed E-state index contributed by atoms with van der Waals surface area (Å²) in [7, 11) is 0. The molecular formula is C11H18ClN3O. The first-order valence-electron chi connectivity index (χ1n) is 5.47. The number of nitrogens with zero attached hydrogens (tertiary/aromatic N) is 2. The van der Waals surface area contributed by atoms with Crippen molar-refractivity contribution < 1.29 is 4.79 Å². The standard InChI is InChI=1S/C11H18ClN3O/c1-5-7(2)14-11(16)9(4)15-8(3)10(12)6-13-15/h6-7,9H,5H2,1-4H3,(H,14,16). The van der Waals surface area contributed by atoms with E-state index < -0.39 is 0 Å². The molecule has 0 aliphatic rings. The summed E-state index contributed by atoms with van der Waals surface area (Å²) < 4.78 is 1.64. The molecule has 2 atom stereocenters. The predicted molar refractivity (Wildman–Crippen MR) is 64.6 cm³/mol. The molecule has 0 fully saturated rings. The Labute approximate surface area is 101 Å². The number of hydrogen-bond acceptors (Lipinski definition) is 2. The van der Waals surface area contributed by atoms with Gasteiger partial charge in [0.1, 0.15) is 6.04 Å². The zero-order valence-corrected chi connectivity index (χ0v) is 10.9. The van der Waals surface area contributed by atoms with Crippen molar-refractivity contribution in [3.63, 3.8) is 0 Å². The highest BCUT2D eigenvalue weighted by Crippen LogP contribution is 2.17. The minimum atomic E-state index is -0.332. The second kappa shape index (κ2) is 5.34. The predicted octanol–water partition coefficient (Wildman–Crippen LogP) is 2.32. The van der Waals surface area contributed by atoms with Crippen LogP contribution in [0.2, 0.25) is 5.02 Å². The van der Waals surface area contributed by atoms with Gasteiger partial charge in [0, 0.05) is 6.04 Å². The summed E-state index contributed by atoms with van der Waals surface area (Å²) in [6.45, 7) is 7.68. The Bertz CT molecular complexity index is 375. The molecule has 1 rings (SSSR count). The Kier molecular flexibility index (Phi) is 4.35. The minimum absolute atomic E-state index is 0.0304. The topological polar surface area (TPSA) is 46.9 Å². The van der Waals surface area contributed by atoms with Crippen LogP contribution in [0.5, 0.6) is 0 Å². The van der Waals surface area contributed by atoms with E-state index in [1.165, 1.54) is 0 Å². The van der Waals surface area contributed by atoms with Gasteiger partial charge in [-0.3, -0.25) is 9.48 Å². The molecule has 4 nitrogen and oxygen atoms in total. The largest absolute Gasteiger partial charge is 0.352 e. The Hall–Kier alpha value is -1.03. The monoisotopic (exact) mass is 243 g/mol. The third kappa shape index (κ3) is 2.76. The van der Waals surface area contributed by atoms with Crippen LogP contribution >= 0.6 is 11.6 Å². The molecule has 0 saturated heterocycles. The van der Waals surface area contributed by atoms with Crippen LogP contribution in [0.4, 0.5) is 0 Å². The molecule has 0 aliphatic carbocycles. The summed E-state index contributed by atoms with van der Waals surface area (Å²) in [6.07, 6.45) is 2.47. The molecule has 1 heterocycles. The molecule has 5 heteroatoms. The van der Waals surface area contributed by atoms with E-state index in [9.17, 15) is 4.79 Å². The highest BCUT2D eigenvalue weighted by molar-refractivity contribution is 6.31. The van der Waals surface area contributed by atoms with Crippen molar-refractivity contribution in [3.05, 3.63) is 16.9 Å². The summed E-state index contributed by atoms with van der Waals surface area (Å²) in [4.78, 5) is 11.9. The fourth-order valence-corrected chi connectivity index (χ4v) is 1.50. The molecule has 2 unspecified atom stereocenters. The molecule has 1 aromatic heterocycles. The Morgan fingerprint density at radius 1 is 1.62 bits per heavy atom. The van der Waals surface area contributed by atoms with Crippen LogP contribution in [0.3, 0.4) is 0 Å². The van der Waals surface area contributed by atoms with Gasteiger partial charge in [-0.15, -0.1) is 0 Å². The summed E-state index contributed by atoms with van der Waals surface area (Å²) in [5.74, 6) is -0.0304. The van der Waals surface area contributed by atoms with Crippen LogP contribution in [0.15, 0.2) is 6.20 Å². The second-order valence-corrected chi connectivity index (χ2v) is 4.42. The first-order valence-corrected chi connectivity index (χ1v) is 5.85. The molecule has 0 radical (unpaired) electrons. The maximum atomic E-state index is 11.9. The number of carbonyl (C=O) groups excluding carboxylic acids is 1. The van der Waals surface area contributed by atoms with Crippen LogP contribution in [-0.2, 0) is 4.79 Å². The van der Waals surface area contributed by atoms with Crippen LogP contribution in [0.1, 0.15) is 38.9 Å². The molecule has 0 aromatic carbocycles. The van der Waals surface area contributed by atoms with E-state index in [2.05, 4.69) is 10.4 Å². The van der Waals surface area contributed by atoms with Gasteiger partial charge in [0.15, 0.2) is 0 Å². The van der Waals surface area contributed by atoms with E-state index in [4.69, 9.17) is 11.6 Å². The lowest BCUT2D eigenvalue weighted by Crippen LogP contribution is -2.37. The Balaban J connectivity index is 2.74. The van der Waals surface area contributed by atoms with Crippen molar-refractivity contribution in [2.75, 3.05) is 0 Å². The number of nitrogens with one attached hydrogen (secondary N) is 1. The zero-order chi connectivity index (χ0) is 12.3. The number of rotatable bonds is 4. The van der Waals surface area contributed by atoms with Gasteiger partial charge < -0.3 is 5.32 Å². The van der Waals surface area contributed by atoms with Crippen molar-refractivity contribution in [2.45, 2.75) is 46.2 Å². The van der Waals surface area contributed by atoms with Gasteiger partial charge in [0.05, 0.1) is 16.9 Å². The van der Waals surface area contributed by atoms with Gasteiger partial charge in [-0.1, -0.05) is 18.5 Å². The Morgan fingerprint density at radius 2 is 2.25 bits per heavy atom. The molecule has 1 amide bonds. The van der Waals surface area contributed by atoms with Gasteiger partial charge in [-0.05, 0) is 27.2 Å². The minimum Gasteiger partial charge on any atom is -0.352 e. The highest BCUT2D eigenvalue weighted by Gasteiger charge is 2.19. The highest BCUT2D eigenvalue weighted by atomic mass is 35.5. The summed E-state index contributed by atoms with van der Waals surface area (Å²) in [5.41, 5.74) is 0.813. The first-order chi connectivity index (χ1) is 7.47. The SMILES string of the molecule is CCC(C)NC(=O)C(C)n1ncc(Cl)c1C. The van der Waals surface area contributed by atoms with E-state index in [1.54, 1.807) is 10.9 Å². The van der Waals surface area contributed by atoms with Gasteiger partial charge in [0.25, 0.3) is 0 Å². The lowest BCUT2D eigenvalue weighted by molar-refractivity contribution is -0.124. The molecular weight excluding hydrogens is 226 g/mol. The van der Waals surface area contributed by atoms with Gasteiger partial charge in [-0.25, -0.2) is 0 Å². The number of hydrogen-bond donors (Lipinski definition) is 1. The van der Waals surface area contributed by atoms with Crippen molar-refractivity contribution in [3.8, 4) is 0 Å². The fraction of sp³-hybridized carbons (Fsp3) is 0.636. The molecule has 0 aliphatic heterocycles. The van der Waals surface area contributed by atoms with Gasteiger partial charge in [0.2, 0.25) is 5.91 Å². The molecule has 90 valence electrons. The third-order valence-corrected chi connectivity index (χ3v) is 3.10.